The molecular weight excluding hydrogens is 288 g/mol. The van der Waals surface area contributed by atoms with Crippen LogP contribution in [-0.4, -0.2) is 0 Å². The third kappa shape index (κ3) is 2.11. The van der Waals surface area contributed by atoms with E-state index in [0.717, 1.165) is 11.8 Å². The summed E-state index contributed by atoms with van der Waals surface area (Å²) in [5.74, 6) is 2.41. The summed E-state index contributed by atoms with van der Waals surface area (Å²) < 4.78 is 0. The quantitative estimate of drug-likeness (QED) is 0.560. The van der Waals surface area contributed by atoms with Crippen LogP contribution in [0.4, 0.5) is 0 Å². The van der Waals surface area contributed by atoms with Gasteiger partial charge in [0.1, 0.15) is 0 Å². The summed E-state index contributed by atoms with van der Waals surface area (Å²) in [7, 11) is 0. The van der Waals surface area contributed by atoms with Crippen LogP contribution < -0.4 is 0 Å². The zero-order valence-electron chi connectivity index (χ0n) is 15.0. The number of rotatable bonds is 2. The van der Waals surface area contributed by atoms with Crippen LogP contribution in [0.3, 0.4) is 0 Å². The molecule has 3 aliphatic carbocycles. The molecule has 1 spiro atoms. The van der Waals surface area contributed by atoms with Crippen molar-refractivity contribution in [1.29, 1.82) is 0 Å². The van der Waals surface area contributed by atoms with Gasteiger partial charge in [0.05, 0.1) is 0 Å². The average molecular weight is 316 g/mol. The smallest absolute Gasteiger partial charge is 0.0168 e. The van der Waals surface area contributed by atoms with Crippen LogP contribution in [0.5, 0.6) is 0 Å². The van der Waals surface area contributed by atoms with E-state index < -0.39 is 0 Å². The van der Waals surface area contributed by atoms with E-state index in [0.29, 0.717) is 11.3 Å². The zero-order chi connectivity index (χ0) is 16.3. The van der Waals surface area contributed by atoms with E-state index in [4.69, 9.17) is 0 Å². The monoisotopic (exact) mass is 316 g/mol. The SMILES string of the molecule is CCC(C)c1ccc2cc3c(cc2c1)CCC1(C3)CC2C=CC1C2. The Balaban J connectivity index is 1.53. The maximum Gasteiger partial charge on any atom is -0.0168 e. The summed E-state index contributed by atoms with van der Waals surface area (Å²) in [6.07, 6.45) is 13.1. The molecule has 0 N–H and O–H groups in total. The molecule has 0 saturated heterocycles. The summed E-state index contributed by atoms with van der Waals surface area (Å²) in [6, 6.07) is 12.2. The van der Waals surface area contributed by atoms with Crippen molar-refractivity contribution >= 4 is 10.8 Å². The Kier molecular flexibility index (Phi) is 3.21. The van der Waals surface area contributed by atoms with Gasteiger partial charge in [-0.2, -0.15) is 0 Å². The second-order valence-corrected chi connectivity index (χ2v) is 8.77. The van der Waals surface area contributed by atoms with Crippen molar-refractivity contribution in [2.45, 2.75) is 58.3 Å². The molecule has 0 amide bonds. The van der Waals surface area contributed by atoms with Gasteiger partial charge in [0.25, 0.3) is 0 Å². The van der Waals surface area contributed by atoms with Gasteiger partial charge in [-0.25, -0.2) is 0 Å². The Hall–Kier alpha value is -1.56. The lowest BCUT2D eigenvalue weighted by Crippen LogP contribution is -2.32. The Morgan fingerprint density at radius 1 is 1.08 bits per heavy atom. The van der Waals surface area contributed by atoms with E-state index in [1.165, 1.54) is 54.9 Å². The first-order valence-corrected chi connectivity index (χ1v) is 9.91. The summed E-state index contributed by atoms with van der Waals surface area (Å²) in [4.78, 5) is 0. The molecule has 24 heavy (non-hydrogen) atoms. The van der Waals surface area contributed by atoms with Crippen molar-refractivity contribution in [2.75, 3.05) is 0 Å². The maximum absolute atomic E-state index is 2.54. The largest absolute Gasteiger partial charge is 0.0851 e. The molecular formula is C24H28. The van der Waals surface area contributed by atoms with Crippen LogP contribution in [-0.2, 0) is 12.8 Å². The molecule has 0 nitrogen and oxygen atoms in total. The van der Waals surface area contributed by atoms with Crippen molar-refractivity contribution < 1.29 is 0 Å². The number of aryl methyl sites for hydroxylation is 1. The van der Waals surface area contributed by atoms with Crippen LogP contribution in [0.15, 0.2) is 42.5 Å². The van der Waals surface area contributed by atoms with Gasteiger partial charge in [-0.05, 0) is 89.2 Å². The molecule has 0 heterocycles. The molecule has 3 aliphatic rings. The van der Waals surface area contributed by atoms with Gasteiger partial charge in [0.15, 0.2) is 0 Å². The summed E-state index contributed by atoms with van der Waals surface area (Å²) in [5, 5.41) is 2.90. The van der Waals surface area contributed by atoms with E-state index >= 15 is 0 Å². The van der Waals surface area contributed by atoms with E-state index in [1.54, 1.807) is 11.1 Å². The summed E-state index contributed by atoms with van der Waals surface area (Å²) >= 11 is 0. The first-order valence-electron chi connectivity index (χ1n) is 9.91. The molecule has 5 rings (SSSR count). The Labute approximate surface area is 146 Å². The topological polar surface area (TPSA) is 0 Å². The number of allylic oxidation sites excluding steroid dienone is 2. The fourth-order valence-corrected chi connectivity index (χ4v) is 5.75. The third-order valence-corrected chi connectivity index (χ3v) is 7.43. The summed E-state index contributed by atoms with van der Waals surface area (Å²) in [5.41, 5.74) is 5.36. The Morgan fingerprint density at radius 2 is 1.96 bits per heavy atom. The predicted octanol–water partition coefficient (Wildman–Crippen LogP) is 6.42. The number of fused-ring (bicyclic) bond motifs is 5. The normalized spacial score (nSPS) is 31.8. The highest BCUT2D eigenvalue weighted by molar-refractivity contribution is 5.85. The highest BCUT2D eigenvalue weighted by atomic mass is 14.5. The standard InChI is InChI=1S/C24H28/c1-3-16(2)18-5-6-19-13-22-15-24(14-17-4-7-23(24)10-17)9-8-20(22)12-21(19)11-18/h4-7,11-13,16-17,23H,3,8-10,14-15H2,1-2H3. The lowest BCUT2D eigenvalue weighted by Gasteiger charge is -2.40. The number of hydrogen-bond donors (Lipinski definition) is 0. The molecule has 0 aromatic heterocycles. The summed E-state index contributed by atoms with van der Waals surface area (Å²) in [6.45, 7) is 4.62. The van der Waals surface area contributed by atoms with Crippen LogP contribution in [0, 0.1) is 17.3 Å². The molecule has 4 atom stereocenters. The van der Waals surface area contributed by atoms with Crippen LogP contribution >= 0.6 is 0 Å². The first-order chi connectivity index (χ1) is 11.7. The van der Waals surface area contributed by atoms with Crippen LogP contribution in [0.2, 0.25) is 0 Å². The van der Waals surface area contributed by atoms with Crippen molar-refractivity contribution in [1.82, 2.24) is 0 Å². The van der Waals surface area contributed by atoms with Gasteiger partial charge in [-0.3, -0.25) is 0 Å². The lowest BCUT2D eigenvalue weighted by atomic mass is 9.64. The lowest BCUT2D eigenvalue weighted by molar-refractivity contribution is 0.195. The Bertz CT molecular complexity index is 827. The molecule has 1 fully saturated rings. The maximum atomic E-state index is 2.54. The van der Waals surface area contributed by atoms with Gasteiger partial charge in [-0.1, -0.05) is 56.3 Å². The van der Waals surface area contributed by atoms with E-state index in [1.807, 2.05) is 0 Å². The van der Waals surface area contributed by atoms with E-state index in [2.05, 4.69) is 56.3 Å². The predicted molar refractivity (Wildman–Crippen MR) is 102 cm³/mol. The van der Waals surface area contributed by atoms with E-state index in [-0.39, 0.29) is 0 Å². The van der Waals surface area contributed by atoms with Gasteiger partial charge >= 0.3 is 0 Å². The molecule has 2 aromatic rings. The Morgan fingerprint density at radius 3 is 2.71 bits per heavy atom. The molecule has 1 saturated carbocycles. The highest BCUT2D eigenvalue weighted by Gasteiger charge is 2.49. The first kappa shape index (κ1) is 14.8. The van der Waals surface area contributed by atoms with Gasteiger partial charge in [0.2, 0.25) is 0 Å². The van der Waals surface area contributed by atoms with Crippen molar-refractivity contribution in [2.24, 2.45) is 17.3 Å². The zero-order valence-corrected chi connectivity index (χ0v) is 15.0. The van der Waals surface area contributed by atoms with Crippen molar-refractivity contribution in [3.8, 4) is 0 Å². The number of benzene rings is 2. The number of hydrogen-bond acceptors (Lipinski definition) is 0. The van der Waals surface area contributed by atoms with Crippen LogP contribution in [0.1, 0.15) is 62.1 Å². The molecule has 0 heteroatoms. The third-order valence-electron chi connectivity index (χ3n) is 7.43. The fourth-order valence-electron chi connectivity index (χ4n) is 5.75. The molecule has 124 valence electrons. The molecule has 2 aromatic carbocycles. The molecule has 0 aliphatic heterocycles. The second kappa shape index (κ2) is 5.22. The van der Waals surface area contributed by atoms with Gasteiger partial charge < -0.3 is 0 Å². The average Bonchev–Trinajstić information content (AvgIpc) is 3.20. The second-order valence-electron chi connectivity index (χ2n) is 8.77. The minimum absolute atomic E-state index is 0.594. The van der Waals surface area contributed by atoms with Crippen LogP contribution in [0.25, 0.3) is 10.8 Å². The van der Waals surface area contributed by atoms with E-state index in [9.17, 15) is 0 Å². The van der Waals surface area contributed by atoms with Gasteiger partial charge in [-0.15, -0.1) is 0 Å². The molecule has 0 radical (unpaired) electrons. The molecule has 2 bridgehead atoms. The molecule has 4 unspecified atom stereocenters. The minimum Gasteiger partial charge on any atom is -0.0851 e. The van der Waals surface area contributed by atoms with Crippen molar-refractivity contribution in [3.05, 3.63) is 59.2 Å². The highest BCUT2D eigenvalue weighted by Crippen LogP contribution is 2.57. The minimum atomic E-state index is 0.594. The van der Waals surface area contributed by atoms with Gasteiger partial charge in [0, 0.05) is 0 Å². The fraction of sp³-hybridized carbons (Fsp3) is 0.500. The van der Waals surface area contributed by atoms with Crippen molar-refractivity contribution in [3.63, 3.8) is 0 Å².